The molecule has 0 spiro atoms. The van der Waals surface area contributed by atoms with E-state index in [1.54, 1.807) is 7.05 Å². The summed E-state index contributed by atoms with van der Waals surface area (Å²) in [6.07, 6.45) is 0. The van der Waals surface area contributed by atoms with Gasteiger partial charge in [0.15, 0.2) is 0 Å². The van der Waals surface area contributed by atoms with Crippen molar-refractivity contribution in [2.45, 2.75) is 10.9 Å². The van der Waals surface area contributed by atoms with Gasteiger partial charge in [0.25, 0.3) is 0 Å². The highest BCUT2D eigenvalue weighted by molar-refractivity contribution is 7.85. The Morgan fingerprint density at radius 3 is 2.50 bits per heavy atom. The van der Waals surface area contributed by atoms with Gasteiger partial charge in [-0.2, -0.15) is 0 Å². The summed E-state index contributed by atoms with van der Waals surface area (Å²) >= 11 is 0. The van der Waals surface area contributed by atoms with Crippen LogP contribution < -0.4 is 5.32 Å². The first-order valence-electron chi connectivity index (χ1n) is 6.17. The van der Waals surface area contributed by atoms with Gasteiger partial charge in [-0.25, -0.2) is 8.78 Å². The number of rotatable bonds is 5. The van der Waals surface area contributed by atoms with Crippen LogP contribution in [0.2, 0.25) is 0 Å². The van der Waals surface area contributed by atoms with Gasteiger partial charge < -0.3 is 5.32 Å². The van der Waals surface area contributed by atoms with Crippen LogP contribution in [0, 0.1) is 11.6 Å². The summed E-state index contributed by atoms with van der Waals surface area (Å²) in [4.78, 5) is -0.0961. The lowest BCUT2D eigenvalue weighted by Gasteiger charge is -2.16. The average molecular weight is 295 g/mol. The fourth-order valence-electron chi connectivity index (χ4n) is 1.92. The molecule has 0 aliphatic heterocycles. The number of hydrogen-bond donors (Lipinski definition) is 1. The summed E-state index contributed by atoms with van der Waals surface area (Å²) in [5.41, 5.74) is 0.958. The van der Waals surface area contributed by atoms with Crippen molar-refractivity contribution >= 4 is 10.8 Å². The van der Waals surface area contributed by atoms with Gasteiger partial charge in [-0.05, 0) is 30.8 Å². The van der Waals surface area contributed by atoms with Gasteiger partial charge in [0.05, 0.1) is 15.7 Å². The third-order valence-electron chi connectivity index (χ3n) is 3.01. The second-order valence-electron chi connectivity index (χ2n) is 4.34. The molecular weight excluding hydrogens is 280 g/mol. The minimum atomic E-state index is -1.61. The van der Waals surface area contributed by atoms with Gasteiger partial charge in [0, 0.05) is 11.8 Å². The minimum Gasteiger partial charge on any atom is -0.312 e. The van der Waals surface area contributed by atoms with Crippen molar-refractivity contribution < 1.29 is 13.0 Å². The van der Waals surface area contributed by atoms with Gasteiger partial charge in [-0.3, -0.25) is 4.21 Å². The Kier molecular flexibility index (Phi) is 4.98. The summed E-state index contributed by atoms with van der Waals surface area (Å²) in [6.45, 7) is 0. The first-order valence-corrected chi connectivity index (χ1v) is 7.49. The van der Waals surface area contributed by atoms with Crippen LogP contribution in [0.5, 0.6) is 0 Å². The zero-order valence-corrected chi connectivity index (χ0v) is 11.8. The predicted molar refractivity (Wildman–Crippen MR) is 75.9 cm³/mol. The monoisotopic (exact) mass is 295 g/mol. The molecule has 2 aromatic rings. The normalized spacial score (nSPS) is 13.9. The van der Waals surface area contributed by atoms with E-state index in [0.29, 0.717) is 0 Å². The van der Waals surface area contributed by atoms with Crippen molar-refractivity contribution in [1.82, 2.24) is 5.32 Å². The largest absolute Gasteiger partial charge is 0.312 e. The molecule has 0 saturated carbocycles. The first kappa shape index (κ1) is 14.8. The quantitative estimate of drug-likeness (QED) is 0.918. The van der Waals surface area contributed by atoms with E-state index < -0.39 is 22.4 Å². The van der Waals surface area contributed by atoms with Crippen molar-refractivity contribution in [1.29, 1.82) is 0 Å². The van der Waals surface area contributed by atoms with Crippen LogP contribution in [0.25, 0.3) is 0 Å². The third-order valence-corrected chi connectivity index (χ3v) is 4.45. The highest BCUT2D eigenvalue weighted by Crippen LogP contribution is 2.19. The molecule has 0 radical (unpaired) electrons. The lowest BCUT2D eigenvalue weighted by Crippen LogP contribution is -2.23. The molecular formula is C15H15F2NOS. The molecule has 0 aliphatic carbocycles. The molecule has 2 rings (SSSR count). The van der Waals surface area contributed by atoms with E-state index in [0.717, 1.165) is 23.8 Å². The van der Waals surface area contributed by atoms with Crippen LogP contribution in [0.4, 0.5) is 8.78 Å². The molecule has 0 saturated heterocycles. The molecule has 106 valence electrons. The van der Waals surface area contributed by atoms with Crippen molar-refractivity contribution in [2.75, 3.05) is 12.8 Å². The Morgan fingerprint density at radius 1 is 1.15 bits per heavy atom. The molecule has 0 bridgehead atoms. The summed E-state index contributed by atoms with van der Waals surface area (Å²) in [7, 11) is 0.134. The van der Waals surface area contributed by atoms with E-state index in [1.807, 2.05) is 30.3 Å². The van der Waals surface area contributed by atoms with E-state index in [2.05, 4.69) is 5.32 Å². The summed E-state index contributed by atoms with van der Waals surface area (Å²) in [6, 6.07) is 12.3. The third kappa shape index (κ3) is 3.49. The minimum absolute atomic E-state index is 0.0961. The molecule has 0 aliphatic rings. The first-order chi connectivity index (χ1) is 9.61. The highest BCUT2D eigenvalue weighted by Gasteiger charge is 2.17. The van der Waals surface area contributed by atoms with Crippen LogP contribution >= 0.6 is 0 Å². The summed E-state index contributed by atoms with van der Waals surface area (Å²) in [5, 5.41) is 3.04. The molecule has 2 nitrogen and oxygen atoms in total. The van der Waals surface area contributed by atoms with E-state index in [9.17, 15) is 13.0 Å². The number of halogens is 2. The van der Waals surface area contributed by atoms with Crippen LogP contribution in [-0.2, 0) is 10.8 Å². The maximum Gasteiger partial charge on any atom is 0.139 e. The zero-order valence-electron chi connectivity index (χ0n) is 11.0. The Labute approximate surface area is 119 Å². The smallest absolute Gasteiger partial charge is 0.139 e. The van der Waals surface area contributed by atoms with Gasteiger partial charge >= 0.3 is 0 Å². The molecule has 2 atom stereocenters. The summed E-state index contributed by atoms with van der Waals surface area (Å²) in [5.74, 6) is -1.05. The number of nitrogens with one attached hydrogen (secondary N) is 1. The Morgan fingerprint density at radius 2 is 1.85 bits per heavy atom. The molecule has 0 heterocycles. The fourth-order valence-corrected chi connectivity index (χ4v) is 3.30. The molecule has 0 fully saturated rings. The van der Waals surface area contributed by atoms with E-state index in [-0.39, 0.29) is 16.7 Å². The fraction of sp³-hybridized carbons (Fsp3) is 0.200. The molecule has 20 heavy (non-hydrogen) atoms. The van der Waals surface area contributed by atoms with Gasteiger partial charge in [-0.1, -0.05) is 30.3 Å². The van der Waals surface area contributed by atoms with Crippen molar-refractivity contribution in [3.05, 3.63) is 65.7 Å². The Bertz CT molecular complexity index is 604. The highest BCUT2D eigenvalue weighted by atomic mass is 32.2. The molecule has 0 amide bonds. The SMILES string of the molecule is CNC(CS(=O)c1cc(F)ccc1F)c1ccccc1. The molecule has 2 unspecified atom stereocenters. The molecule has 2 aromatic carbocycles. The van der Waals surface area contributed by atoms with Crippen LogP contribution in [-0.4, -0.2) is 17.0 Å². The Hall–Kier alpha value is -1.59. The molecule has 1 N–H and O–H groups in total. The number of benzene rings is 2. The van der Waals surface area contributed by atoms with Crippen molar-refractivity contribution in [3.8, 4) is 0 Å². The second kappa shape index (κ2) is 6.72. The van der Waals surface area contributed by atoms with E-state index in [1.165, 1.54) is 0 Å². The molecule has 5 heteroatoms. The molecule has 0 aromatic heterocycles. The van der Waals surface area contributed by atoms with Crippen LogP contribution in [0.15, 0.2) is 53.4 Å². The van der Waals surface area contributed by atoms with Gasteiger partial charge in [0.2, 0.25) is 0 Å². The van der Waals surface area contributed by atoms with E-state index in [4.69, 9.17) is 0 Å². The lowest BCUT2D eigenvalue weighted by atomic mass is 10.1. The van der Waals surface area contributed by atoms with Gasteiger partial charge in [-0.15, -0.1) is 0 Å². The topological polar surface area (TPSA) is 29.1 Å². The number of hydrogen-bond acceptors (Lipinski definition) is 2. The van der Waals surface area contributed by atoms with Crippen LogP contribution in [0.3, 0.4) is 0 Å². The zero-order chi connectivity index (χ0) is 14.5. The van der Waals surface area contributed by atoms with Gasteiger partial charge in [0.1, 0.15) is 11.6 Å². The predicted octanol–water partition coefficient (Wildman–Crippen LogP) is 3.03. The Balaban J connectivity index is 2.20. The standard InChI is InChI=1S/C15H15F2NOS/c1-18-14(11-5-3-2-4-6-11)10-20(19)15-9-12(16)7-8-13(15)17/h2-9,14,18H,10H2,1H3. The lowest BCUT2D eigenvalue weighted by molar-refractivity contribution is 0.569. The second-order valence-corrected chi connectivity index (χ2v) is 5.80. The maximum absolute atomic E-state index is 13.6. The maximum atomic E-state index is 13.6. The van der Waals surface area contributed by atoms with E-state index >= 15 is 0 Å². The van der Waals surface area contributed by atoms with Crippen molar-refractivity contribution in [3.63, 3.8) is 0 Å². The van der Waals surface area contributed by atoms with Crippen molar-refractivity contribution in [2.24, 2.45) is 0 Å². The summed E-state index contributed by atoms with van der Waals surface area (Å²) < 4.78 is 39.0. The van der Waals surface area contributed by atoms with Crippen LogP contribution in [0.1, 0.15) is 11.6 Å². The average Bonchev–Trinajstić information content (AvgIpc) is 2.48.